The summed E-state index contributed by atoms with van der Waals surface area (Å²) in [5.74, 6) is 5.28. The van der Waals surface area contributed by atoms with Gasteiger partial charge in [0.05, 0.1) is 44.1 Å². The summed E-state index contributed by atoms with van der Waals surface area (Å²) >= 11 is 0. The number of amides is 7. The maximum absolute atomic E-state index is 14.0. The Balaban J connectivity index is 0.633. The second-order valence-electron chi connectivity index (χ2n) is 24.4. The fourth-order valence-electron chi connectivity index (χ4n) is 14.0. The molecule has 450 valence electrons. The number of nitrogens with zero attached hydrogens (tertiary/aromatic N) is 4. The number of carbonyl (C=O) groups excluding carboxylic acids is 8. The van der Waals surface area contributed by atoms with E-state index in [0.717, 1.165) is 49.1 Å². The van der Waals surface area contributed by atoms with E-state index in [2.05, 4.69) is 57.0 Å². The lowest BCUT2D eigenvalue weighted by Gasteiger charge is -2.46. The molecule has 2 saturated carbocycles. The summed E-state index contributed by atoms with van der Waals surface area (Å²) < 4.78 is 29.5. The van der Waals surface area contributed by atoms with Crippen molar-refractivity contribution >= 4 is 58.7 Å². The number of rotatable bonds is 23. The molecular formula is C64H81N7O13. The van der Waals surface area contributed by atoms with Crippen molar-refractivity contribution in [3.63, 3.8) is 0 Å². The number of hydrogen-bond donors (Lipinski definition) is 3. The van der Waals surface area contributed by atoms with Gasteiger partial charge >= 0.3 is 6.09 Å². The number of imide groups is 2. The second-order valence-corrected chi connectivity index (χ2v) is 24.4. The smallest absolute Gasteiger partial charge is 0.410 e. The van der Waals surface area contributed by atoms with Crippen LogP contribution in [0.2, 0.25) is 0 Å². The van der Waals surface area contributed by atoms with Crippen LogP contribution < -0.4 is 20.9 Å². The van der Waals surface area contributed by atoms with Gasteiger partial charge in [-0.15, -0.1) is 5.92 Å². The highest BCUT2D eigenvalue weighted by Crippen LogP contribution is 2.73. The molecule has 20 nitrogen and oxygen atoms in total. The highest BCUT2D eigenvalue weighted by molar-refractivity contribution is 6.25. The van der Waals surface area contributed by atoms with E-state index in [1.165, 1.54) is 27.2 Å². The molecule has 2 unspecified atom stereocenters. The molecule has 3 N–H and O–H groups in total. The standard InChI is InChI=1S/C64H81N7O13/c1-6-25-63-26-24-49-46-20-16-42-38-44(72)19-21-45(42)55(46)48(39-64(49,63)84-63)41-14-17-43(18-15-41)68(5)29-8-13-54(74)70-31-30-69(61(79)83-62(2,3)4)40-52(70)57(75)66-28-10-33-81-35-37-82-36-34-80-32-9-27-65-50-12-7-11-47-56(50)60(78)71(59(47)77)51-22-23-53(73)67-58(51)76/h7,11-12,14-15,17-18,38,46,48-49,51-52,65H,8-10,13,16,19-24,26-37,39-40H2,1-5H3,(H,66,75)(H,67,73,76)/t46-,48+,49-,51?,52?,63-,64+/m0/s1. The highest BCUT2D eigenvalue weighted by atomic mass is 16.6. The van der Waals surface area contributed by atoms with Crippen LogP contribution >= 0.6 is 0 Å². The minimum Gasteiger partial charge on any atom is -0.444 e. The number of piperazine rings is 1. The average molecular weight is 1160 g/mol. The molecule has 8 aliphatic rings. The molecule has 3 saturated heterocycles. The topological polar surface area (TPSA) is 235 Å². The monoisotopic (exact) mass is 1160 g/mol. The van der Waals surface area contributed by atoms with Crippen LogP contribution in [0.3, 0.4) is 0 Å². The number of epoxide rings is 1. The maximum Gasteiger partial charge on any atom is 0.410 e. The first-order valence-electron chi connectivity index (χ1n) is 30.2. The Morgan fingerprint density at radius 3 is 2.31 bits per heavy atom. The van der Waals surface area contributed by atoms with E-state index in [1.807, 2.05) is 20.0 Å². The summed E-state index contributed by atoms with van der Waals surface area (Å²) in [4.78, 5) is 110. The van der Waals surface area contributed by atoms with Gasteiger partial charge in [0, 0.05) is 89.5 Å². The summed E-state index contributed by atoms with van der Waals surface area (Å²) in [6, 6.07) is 11.9. The molecule has 0 radical (unpaired) electrons. The van der Waals surface area contributed by atoms with Gasteiger partial charge in [-0.05, 0) is 151 Å². The van der Waals surface area contributed by atoms with Gasteiger partial charge in [-0.3, -0.25) is 43.8 Å². The van der Waals surface area contributed by atoms with Crippen molar-refractivity contribution in [1.82, 2.24) is 25.3 Å². The normalized spacial score (nSPS) is 26.0. The average Bonchev–Trinajstić information content (AvgIpc) is 1.50. The minimum atomic E-state index is -1.03. The Labute approximate surface area is 492 Å². The molecule has 4 aliphatic carbocycles. The fourth-order valence-corrected chi connectivity index (χ4v) is 14.0. The van der Waals surface area contributed by atoms with Gasteiger partial charge in [0.25, 0.3) is 11.8 Å². The summed E-state index contributed by atoms with van der Waals surface area (Å²) in [5, 5.41) is 8.38. The highest BCUT2D eigenvalue weighted by Gasteiger charge is 2.79. The summed E-state index contributed by atoms with van der Waals surface area (Å²) in [7, 11) is 2.03. The van der Waals surface area contributed by atoms with Crippen molar-refractivity contribution in [2.24, 2.45) is 11.8 Å². The van der Waals surface area contributed by atoms with Gasteiger partial charge in [0.2, 0.25) is 23.6 Å². The van der Waals surface area contributed by atoms with Crippen LogP contribution in [-0.4, -0.2) is 177 Å². The Kier molecular flexibility index (Phi) is 18.5. The first-order chi connectivity index (χ1) is 40.4. The molecule has 4 aliphatic heterocycles. The Morgan fingerprint density at radius 1 is 0.845 bits per heavy atom. The molecule has 0 bridgehead atoms. The Hall–Kier alpha value is -6.92. The Morgan fingerprint density at radius 2 is 1.58 bits per heavy atom. The molecule has 7 amide bonds. The van der Waals surface area contributed by atoms with Crippen molar-refractivity contribution in [2.75, 3.05) is 96.2 Å². The van der Waals surface area contributed by atoms with Crippen molar-refractivity contribution in [3.8, 4) is 11.8 Å². The first kappa shape index (κ1) is 60.2. The molecule has 4 heterocycles. The minimum absolute atomic E-state index is 0.0131. The summed E-state index contributed by atoms with van der Waals surface area (Å²) in [5.41, 5.74) is 6.09. The zero-order valence-electron chi connectivity index (χ0n) is 49.3. The van der Waals surface area contributed by atoms with Crippen molar-refractivity contribution < 1.29 is 62.0 Å². The van der Waals surface area contributed by atoms with Crippen molar-refractivity contribution in [1.29, 1.82) is 0 Å². The van der Waals surface area contributed by atoms with Gasteiger partial charge in [0.1, 0.15) is 23.3 Å². The first-order valence-corrected chi connectivity index (χ1v) is 30.2. The van der Waals surface area contributed by atoms with Crippen LogP contribution in [0.25, 0.3) is 0 Å². The second kappa shape index (κ2) is 25.7. The summed E-state index contributed by atoms with van der Waals surface area (Å²) in [6.07, 6.45) is 9.81. The predicted molar refractivity (Wildman–Crippen MR) is 311 cm³/mol. The molecule has 84 heavy (non-hydrogen) atoms. The molecule has 1 spiro atoms. The third kappa shape index (κ3) is 12.7. The zero-order valence-corrected chi connectivity index (χ0v) is 49.3. The fraction of sp³-hybridized carbons (Fsp3) is 0.594. The number of fused-ring (bicyclic) bond motifs is 4. The number of carbonyl (C=O) groups is 8. The van der Waals surface area contributed by atoms with Gasteiger partial charge in [0.15, 0.2) is 11.4 Å². The number of ether oxygens (including phenoxy) is 5. The SMILES string of the molecule is CC#C[C@]12CC[C@H]3[C@@H]4CCC5=CC(=O)CCC5=C4[C@@H](c4ccc(N(C)CCCC(=O)N5CCN(C(=O)OC(C)(C)C)CC5C(=O)NCCCOCCOCCOCCCNc5cccc6c5C(=O)N(C5CCC(=O)NC5=O)C6=O)cc4)C[C@@]31O2. The molecule has 0 aromatic heterocycles. The largest absolute Gasteiger partial charge is 0.444 e. The number of nitrogens with one attached hydrogen (secondary N) is 3. The molecule has 10 rings (SSSR count). The van der Waals surface area contributed by atoms with Crippen LogP contribution in [0, 0.1) is 23.7 Å². The molecule has 7 atom stereocenters. The van der Waals surface area contributed by atoms with E-state index in [0.29, 0.717) is 102 Å². The van der Waals surface area contributed by atoms with Gasteiger partial charge in [-0.25, -0.2) is 4.79 Å². The van der Waals surface area contributed by atoms with Crippen LogP contribution in [0.4, 0.5) is 16.2 Å². The zero-order chi connectivity index (χ0) is 59.3. The van der Waals surface area contributed by atoms with E-state index in [-0.39, 0.29) is 84.7 Å². The number of ketones is 1. The van der Waals surface area contributed by atoms with E-state index >= 15 is 0 Å². The van der Waals surface area contributed by atoms with E-state index in [4.69, 9.17) is 23.7 Å². The number of hydrogen-bond acceptors (Lipinski definition) is 15. The van der Waals surface area contributed by atoms with Crippen molar-refractivity contribution in [3.05, 3.63) is 82.0 Å². The third-order valence-corrected chi connectivity index (χ3v) is 18.0. The van der Waals surface area contributed by atoms with Crippen molar-refractivity contribution in [2.45, 2.75) is 146 Å². The number of allylic oxidation sites excluding steroid dienone is 4. The lowest BCUT2D eigenvalue weighted by atomic mass is 9.57. The maximum atomic E-state index is 14.0. The van der Waals surface area contributed by atoms with Gasteiger partial charge < -0.3 is 49.0 Å². The van der Waals surface area contributed by atoms with Crippen LogP contribution in [0.1, 0.15) is 143 Å². The number of piperidine rings is 1. The molecular weight excluding hydrogens is 1070 g/mol. The van der Waals surface area contributed by atoms with Crippen LogP contribution in [-0.2, 0) is 47.7 Å². The lowest BCUT2D eigenvalue weighted by Crippen LogP contribution is -2.62. The molecule has 20 heteroatoms. The lowest BCUT2D eigenvalue weighted by molar-refractivity contribution is -0.143. The molecule has 2 aromatic rings. The van der Waals surface area contributed by atoms with Gasteiger partial charge in [-0.2, -0.15) is 0 Å². The van der Waals surface area contributed by atoms with E-state index < -0.39 is 47.4 Å². The van der Waals surface area contributed by atoms with Crippen LogP contribution in [0.5, 0.6) is 0 Å². The third-order valence-electron chi connectivity index (χ3n) is 18.0. The summed E-state index contributed by atoms with van der Waals surface area (Å²) in [6.45, 7) is 11.3. The van der Waals surface area contributed by atoms with Gasteiger partial charge in [-0.1, -0.05) is 29.7 Å². The molecule has 5 fully saturated rings. The quantitative estimate of drug-likeness (QED) is 0.0484. The van der Waals surface area contributed by atoms with E-state index in [9.17, 15) is 38.4 Å². The number of anilines is 2. The number of benzene rings is 2. The molecule has 2 aromatic carbocycles. The van der Waals surface area contributed by atoms with Crippen LogP contribution in [0.15, 0.2) is 65.3 Å². The predicted octanol–water partition coefficient (Wildman–Crippen LogP) is 6.23. The van der Waals surface area contributed by atoms with E-state index in [1.54, 1.807) is 43.9 Å². The Bertz CT molecular complexity index is 3030.